The van der Waals surface area contributed by atoms with Crippen molar-refractivity contribution in [3.8, 4) is 6.07 Å². The molecule has 1 saturated carbocycles. The highest BCUT2D eigenvalue weighted by molar-refractivity contribution is 5.54. The fourth-order valence-electron chi connectivity index (χ4n) is 2.64. The molecule has 0 aliphatic heterocycles. The van der Waals surface area contributed by atoms with E-state index in [0.717, 1.165) is 31.7 Å². The zero-order valence-corrected chi connectivity index (χ0v) is 11.5. The van der Waals surface area contributed by atoms with Gasteiger partial charge in [-0.2, -0.15) is 18.4 Å². The van der Waals surface area contributed by atoms with Crippen LogP contribution in [0, 0.1) is 11.3 Å². The SMILES string of the molecule is N#Cc1cc(NC2CCCCCC2O)ccc1C(F)(F)F. The lowest BCUT2D eigenvalue weighted by molar-refractivity contribution is -0.137. The number of aliphatic hydroxyl groups is 1. The number of aliphatic hydroxyl groups excluding tert-OH is 1. The second-order valence-electron chi connectivity index (χ2n) is 5.33. The van der Waals surface area contributed by atoms with Gasteiger partial charge in [-0.15, -0.1) is 0 Å². The number of benzene rings is 1. The van der Waals surface area contributed by atoms with Gasteiger partial charge in [0, 0.05) is 5.69 Å². The summed E-state index contributed by atoms with van der Waals surface area (Å²) in [5.41, 5.74) is -0.905. The number of alkyl halides is 3. The lowest BCUT2D eigenvalue weighted by atomic mass is 10.0. The summed E-state index contributed by atoms with van der Waals surface area (Å²) < 4.78 is 38.2. The van der Waals surface area contributed by atoms with Crippen molar-refractivity contribution in [3.05, 3.63) is 29.3 Å². The number of hydrogen-bond donors (Lipinski definition) is 2. The zero-order chi connectivity index (χ0) is 15.5. The van der Waals surface area contributed by atoms with E-state index < -0.39 is 23.4 Å². The first-order valence-electron chi connectivity index (χ1n) is 6.98. The lowest BCUT2D eigenvalue weighted by Crippen LogP contribution is -2.32. The molecule has 1 aromatic carbocycles. The summed E-state index contributed by atoms with van der Waals surface area (Å²) in [6.07, 6.45) is -0.624. The van der Waals surface area contributed by atoms with Crippen LogP contribution in [0.25, 0.3) is 0 Å². The van der Waals surface area contributed by atoms with Gasteiger partial charge in [-0.1, -0.05) is 19.3 Å². The Bertz CT molecular complexity index is 537. The van der Waals surface area contributed by atoms with Gasteiger partial charge in [0.05, 0.1) is 29.3 Å². The highest BCUT2D eigenvalue weighted by Gasteiger charge is 2.33. The number of nitrogens with zero attached hydrogens (tertiary/aromatic N) is 1. The van der Waals surface area contributed by atoms with Crippen LogP contribution in [0.3, 0.4) is 0 Å². The minimum Gasteiger partial charge on any atom is -0.391 e. The maximum Gasteiger partial charge on any atom is 0.417 e. The molecule has 0 heterocycles. The molecular weight excluding hydrogens is 281 g/mol. The van der Waals surface area contributed by atoms with Crippen molar-refractivity contribution < 1.29 is 18.3 Å². The molecule has 114 valence electrons. The molecule has 0 spiro atoms. The Morgan fingerprint density at radius 1 is 1.19 bits per heavy atom. The molecule has 0 amide bonds. The van der Waals surface area contributed by atoms with E-state index in [1.807, 2.05) is 0 Å². The third-order valence-electron chi connectivity index (χ3n) is 3.78. The quantitative estimate of drug-likeness (QED) is 0.819. The number of nitrogens with one attached hydrogen (secondary N) is 1. The average molecular weight is 298 g/mol. The van der Waals surface area contributed by atoms with Crippen LogP contribution in [-0.2, 0) is 6.18 Å². The van der Waals surface area contributed by atoms with Crippen molar-refractivity contribution >= 4 is 5.69 Å². The van der Waals surface area contributed by atoms with Gasteiger partial charge in [0.15, 0.2) is 0 Å². The average Bonchev–Trinajstić information content (AvgIpc) is 2.63. The third kappa shape index (κ3) is 3.88. The van der Waals surface area contributed by atoms with Crippen LogP contribution in [0.2, 0.25) is 0 Å². The summed E-state index contributed by atoms with van der Waals surface area (Å²) in [6, 6.07) is 4.80. The van der Waals surface area contributed by atoms with Crippen molar-refractivity contribution in [2.75, 3.05) is 5.32 Å². The highest BCUT2D eigenvalue weighted by atomic mass is 19.4. The minimum atomic E-state index is -4.54. The predicted octanol–water partition coefficient (Wildman–Crippen LogP) is 3.68. The Morgan fingerprint density at radius 3 is 2.57 bits per heavy atom. The maximum absolute atomic E-state index is 12.7. The molecule has 1 fully saturated rings. The molecule has 1 aliphatic rings. The predicted molar refractivity (Wildman–Crippen MR) is 72.7 cm³/mol. The van der Waals surface area contributed by atoms with E-state index in [0.29, 0.717) is 12.1 Å². The summed E-state index contributed by atoms with van der Waals surface area (Å²) in [4.78, 5) is 0. The smallest absolute Gasteiger partial charge is 0.391 e. The monoisotopic (exact) mass is 298 g/mol. The maximum atomic E-state index is 12.7. The summed E-state index contributed by atoms with van der Waals surface area (Å²) >= 11 is 0. The first kappa shape index (κ1) is 15.6. The summed E-state index contributed by atoms with van der Waals surface area (Å²) in [5.74, 6) is 0. The number of rotatable bonds is 2. The van der Waals surface area contributed by atoms with Crippen LogP contribution in [0.4, 0.5) is 18.9 Å². The molecule has 1 aliphatic carbocycles. The molecule has 2 atom stereocenters. The topological polar surface area (TPSA) is 56.0 Å². The van der Waals surface area contributed by atoms with Crippen molar-refractivity contribution in [2.45, 2.75) is 50.4 Å². The van der Waals surface area contributed by atoms with Crippen molar-refractivity contribution in [1.82, 2.24) is 0 Å². The van der Waals surface area contributed by atoms with Crippen molar-refractivity contribution in [1.29, 1.82) is 5.26 Å². The number of halogens is 3. The Labute approximate surface area is 121 Å². The Hall–Kier alpha value is -1.74. The van der Waals surface area contributed by atoms with Gasteiger partial charge < -0.3 is 10.4 Å². The van der Waals surface area contributed by atoms with Crippen molar-refractivity contribution in [3.63, 3.8) is 0 Å². The highest BCUT2D eigenvalue weighted by Crippen LogP contribution is 2.33. The van der Waals surface area contributed by atoms with Gasteiger partial charge in [-0.3, -0.25) is 0 Å². The van der Waals surface area contributed by atoms with Gasteiger partial charge in [0.1, 0.15) is 0 Å². The molecule has 2 N–H and O–H groups in total. The van der Waals surface area contributed by atoms with Crippen LogP contribution in [-0.4, -0.2) is 17.3 Å². The molecule has 2 rings (SSSR count). The number of anilines is 1. The third-order valence-corrected chi connectivity index (χ3v) is 3.78. The van der Waals surface area contributed by atoms with Crippen molar-refractivity contribution in [2.24, 2.45) is 0 Å². The van der Waals surface area contributed by atoms with Crippen LogP contribution in [0.1, 0.15) is 43.2 Å². The fourth-order valence-corrected chi connectivity index (χ4v) is 2.64. The molecule has 3 nitrogen and oxygen atoms in total. The van der Waals surface area contributed by atoms with E-state index in [1.165, 1.54) is 12.1 Å². The summed E-state index contributed by atoms with van der Waals surface area (Å²) in [5, 5.41) is 22.0. The Balaban J connectivity index is 2.19. The molecule has 21 heavy (non-hydrogen) atoms. The van der Waals surface area contributed by atoms with Gasteiger partial charge in [0.2, 0.25) is 0 Å². The van der Waals surface area contributed by atoms with Crippen LogP contribution in [0.15, 0.2) is 18.2 Å². The Kier molecular flexibility index (Phi) is 4.73. The van der Waals surface area contributed by atoms with E-state index in [-0.39, 0.29) is 6.04 Å². The molecule has 6 heteroatoms. The lowest BCUT2D eigenvalue weighted by Gasteiger charge is -2.23. The largest absolute Gasteiger partial charge is 0.417 e. The number of nitriles is 1. The molecule has 0 radical (unpaired) electrons. The molecule has 1 aromatic rings. The van der Waals surface area contributed by atoms with Gasteiger partial charge >= 0.3 is 6.18 Å². The van der Waals surface area contributed by atoms with Gasteiger partial charge in [-0.05, 0) is 31.0 Å². The Morgan fingerprint density at radius 2 is 1.90 bits per heavy atom. The van der Waals surface area contributed by atoms with Crippen LogP contribution < -0.4 is 5.32 Å². The van der Waals surface area contributed by atoms with E-state index >= 15 is 0 Å². The zero-order valence-electron chi connectivity index (χ0n) is 11.5. The van der Waals surface area contributed by atoms with Crippen LogP contribution in [0.5, 0.6) is 0 Å². The molecular formula is C15H17F3N2O. The van der Waals surface area contributed by atoms with E-state index in [9.17, 15) is 18.3 Å². The van der Waals surface area contributed by atoms with Gasteiger partial charge in [-0.25, -0.2) is 0 Å². The van der Waals surface area contributed by atoms with E-state index in [4.69, 9.17) is 5.26 Å². The second kappa shape index (κ2) is 6.35. The van der Waals surface area contributed by atoms with Crippen LogP contribution >= 0.6 is 0 Å². The summed E-state index contributed by atoms with van der Waals surface area (Å²) in [7, 11) is 0. The minimum absolute atomic E-state index is 0.184. The number of hydrogen-bond acceptors (Lipinski definition) is 3. The summed E-state index contributed by atoms with van der Waals surface area (Å²) in [6.45, 7) is 0. The van der Waals surface area contributed by atoms with Gasteiger partial charge in [0.25, 0.3) is 0 Å². The standard InChI is InChI=1S/C15H17F3N2O/c16-15(17,18)12-7-6-11(8-10(12)9-19)20-13-4-2-1-3-5-14(13)21/h6-8,13-14,20-21H,1-5H2. The molecule has 0 saturated heterocycles. The fraction of sp³-hybridized carbons (Fsp3) is 0.533. The first-order valence-corrected chi connectivity index (χ1v) is 6.98. The normalized spacial score (nSPS) is 23.2. The first-order chi connectivity index (χ1) is 9.91. The molecule has 2 unspecified atom stereocenters. The molecule has 0 aromatic heterocycles. The van der Waals surface area contributed by atoms with E-state index in [2.05, 4.69) is 5.32 Å². The van der Waals surface area contributed by atoms with E-state index in [1.54, 1.807) is 6.07 Å². The molecule has 0 bridgehead atoms. The second-order valence-corrected chi connectivity index (χ2v) is 5.33.